The Labute approximate surface area is 102 Å². The summed E-state index contributed by atoms with van der Waals surface area (Å²) in [6.07, 6.45) is 1.91. The molecule has 0 aliphatic rings. The summed E-state index contributed by atoms with van der Waals surface area (Å²) in [7, 11) is 0. The van der Waals surface area contributed by atoms with Crippen molar-refractivity contribution in [2.75, 3.05) is 13.1 Å². The van der Waals surface area contributed by atoms with E-state index in [1.165, 1.54) is 11.6 Å². The van der Waals surface area contributed by atoms with Crippen LogP contribution in [0, 0.1) is 17.6 Å². The highest BCUT2D eigenvalue weighted by Crippen LogP contribution is 2.16. The minimum absolute atomic E-state index is 0.377. The van der Waals surface area contributed by atoms with Crippen LogP contribution in [0.5, 0.6) is 0 Å². The van der Waals surface area contributed by atoms with Crippen molar-refractivity contribution >= 4 is 6.08 Å². The van der Waals surface area contributed by atoms with Crippen LogP contribution in [0.15, 0.2) is 23.8 Å². The smallest absolute Gasteiger partial charge is 0.159 e. The molecular formula is C14H19F2N. The highest BCUT2D eigenvalue weighted by atomic mass is 19.2. The van der Waals surface area contributed by atoms with E-state index in [-0.39, 0.29) is 0 Å². The fourth-order valence-corrected chi connectivity index (χ4v) is 1.51. The molecule has 0 saturated carbocycles. The molecule has 1 rings (SSSR count). The van der Waals surface area contributed by atoms with Crippen LogP contribution in [0.25, 0.3) is 6.08 Å². The fourth-order valence-electron chi connectivity index (χ4n) is 1.51. The van der Waals surface area contributed by atoms with Gasteiger partial charge in [0.15, 0.2) is 11.6 Å². The van der Waals surface area contributed by atoms with Gasteiger partial charge in [0.05, 0.1) is 0 Å². The average Bonchev–Trinajstić information content (AvgIpc) is 2.28. The van der Waals surface area contributed by atoms with Gasteiger partial charge in [-0.3, -0.25) is 0 Å². The van der Waals surface area contributed by atoms with Crippen molar-refractivity contribution in [3.63, 3.8) is 0 Å². The summed E-state index contributed by atoms with van der Waals surface area (Å²) in [5.41, 5.74) is 1.88. The van der Waals surface area contributed by atoms with Crippen LogP contribution in [0.3, 0.4) is 0 Å². The lowest BCUT2D eigenvalue weighted by Gasteiger charge is -2.12. The zero-order valence-corrected chi connectivity index (χ0v) is 10.6. The normalized spacial score (nSPS) is 12.2. The number of hydrogen-bond acceptors (Lipinski definition) is 1. The molecule has 94 valence electrons. The highest BCUT2D eigenvalue weighted by Gasteiger charge is 2.05. The largest absolute Gasteiger partial charge is 0.313 e. The minimum Gasteiger partial charge on any atom is -0.313 e. The molecule has 0 fully saturated rings. The Hall–Kier alpha value is -1.22. The number of halogens is 2. The van der Waals surface area contributed by atoms with E-state index in [4.69, 9.17) is 0 Å². The van der Waals surface area contributed by atoms with Crippen LogP contribution in [0.1, 0.15) is 26.3 Å². The molecule has 0 saturated heterocycles. The molecule has 0 amide bonds. The van der Waals surface area contributed by atoms with Crippen LogP contribution in [0.2, 0.25) is 0 Å². The molecule has 0 bridgehead atoms. The van der Waals surface area contributed by atoms with Gasteiger partial charge in [0.1, 0.15) is 0 Å². The van der Waals surface area contributed by atoms with Gasteiger partial charge in [-0.05, 0) is 30.2 Å². The van der Waals surface area contributed by atoms with Crippen molar-refractivity contribution in [2.45, 2.75) is 20.8 Å². The summed E-state index contributed by atoms with van der Waals surface area (Å²) in [5.74, 6) is -1.23. The van der Waals surface area contributed by atoms with Gasteiger partial charge < -0.3 is 5.32 Å². The van der Waals surface area contributed by atoms with E-state index in [0.717, 1.165) is 19.2 Å². The van der Waals surface area contributed by atoms with Gasteiger partial charge in [-0.15, -0.1) is 0 Å². The molecule has 0 spiro atoms. The molecule has 0 aliphatic carbocycles. The zero-order valence-electron chi connectivity index (χ0n) is 10.6. The Balaban J connectivity index is 2.91. The lowest BCUT2D eigenvalue weighted by Crippen LogP contribution is -2.18. The predicted molar refractivity (Wildman–Crippen MR) is 67.7 cm³/mol. The van der Waals surface area contributed by atoms with E-state index in [0.29, 0.717) is 11.5 Å². The standard InChI is InChI=1S/C14H19F2N/c1-4-17-9-12(10(2)3)7-11-5-6-13(15)14(16)8-11/h5-8,10,17H,4,9H2,1-3H3. The zero-order chi connectivity index (χ0) is 12.8. The van der Waals surface area contributed by atoms with Crippen molar-refractivity contribution in [3.8, 4) is 0 Å². The SMILES string of the molecule is CCNCC(=Cc1ccc(F)c(F)c1)C(C)C. The molecule has 0 radical (unpaired) electrons. The Morgan fingerprint density at radius 2 is 2.00 bits per heavy atom. The minimum atomic E-state index is -0.806. The molecule has 0 atom stereocenters. The van der Waals surface area contributed by atoms with E-state index in [2.05, 4.69) is 19.2 Å². The first-order valence-corrected chi connectivity index (χ1v) is 5.90. The number of likely N-dealkylation sites (N-methyl/N-ethyl adjacent to an activating group) is 1. The second kappa shape index (κ2) is 6.50. The van der Waals surface area contributed by atoms with E-state index in [9.17, 15) is 8.78 Å². The van der Waals surface area contributed by atoms with Crippen molar-refractivity contribution in [1.29, 1.82) is 0 Å². The van der Waals surface area contributed by atoms with E-state index in [1.807, 2.05) is 13.0 Å². The molecule has 0 unspecified atom stereocenters. The number of nitrogens with one attached hydrogen (secondary N) is 1. The van der Waals surface area contributed by atoms with Crippen LogP contribution >= 0.6 is 0 Å². The van der Waals surface area contributed by atoms with E-state index in [1.54, 1.807) is 6.07 Å². The molecule has 3 heteroatoms. The van der Waals surface area contributed by atoms with Gasteiger partial charge in [0.2, 0.25) is 0 Å². The summed E-state index contributed by atoms with van der Waals surface area (Å²) in [5, 5.41) is 3.24. The monoisotopic (exact) mass is 239 g/mol. The first-order chi connectivity index (χ1) is 8.04. The molecule has 0 heterocycles. The third kappa shape index (κ3) is 4.27. The quantitative estimate of drug-likeness (QED) is 0.827. The summed E-state index contributed by atoms with van der Waals surface area (Å²) in [6, 6.07) is 3.97. The molecule has 1 N–H and O–H groups in total. The van der Waals surface area contributed by atoms with E-state index >= 15 is 0 Å². The number of rotatable bonds is 5. The fraction of sp³-hybridized carbons (Fsp3) is 0.429. The molecule has 1 aromatic carbocycles. The van der Waals surface area contributed by atoms with Gasteiger partial charge in [0.25, 0.3) is 0 Å². The van der Waals surface area contributed by atoms with Crippen LogP contribution in [-0.4, -0.2) is 13.1 Å². The Bertz CT molecular complexity index is 397. The molecular weight excluding hydrogens is 220 g/mol. The highest BCUT2D eigenvalue weighted by molar-refractivity contribution is 5.53. The Morgan fingerprint density at radius 3 is 2.53 bits per heavy atom. The second-order valence-electron chi connectivity index (χ2n) is 4.33. The average molecular weight is 239 g/mol. The topological polar surface area (TPSA) is 12.0 Å². The molecule has 0 aromatic heterocycles. The van der Waals surface area contributed by atoms with Gasteiger partial charge in [0, 0.05) is 6.54 Å². The Morgan fingerprint density at radius 1 is 1.29 bits per heavy atom. The maximum atomic E-state index is 13.1. The second-order valence-corrected chi connectivity index (χ2v) is 4.33. The Kier molecular flexibility index (Phi) is 5.29. The molecule has 1 aromatic rings. The third-order valence-electron chi connectivity index (χ3n) is 2.62. The van der Waals surface area contributed by atoms with Gasteiger partial charge in [-0.25, -0.2) is 8.78 Å². The summed E-state index contributed by atoms with van der Waals surface area (Å²) in [6.45, 7) is 7.87. The van der Waals surface area contributed by atoms with Gasteiger partial charge in [-0.2, -0.15) is 0 Å². The molecule has 1 nitrogen and oxygen atoms in total. The third-order valence-corrected chi connectivity index (χ3v) is 2.62. The predicted octanol–water partition coefficient (Wildman–Crippen LogP) is 3.61. The molecule has 0 aliphatic heterocycles. The van der Waals surface area contributed by atoms with Crippen molar-refractivity contribution in [3.05, 3.63) is 41.0 Å². The summed E-state index contributed by atoms with van der Waals surface area (Å²) >= 11 is 0. The van der Waals surface area contributed by atoms with Crippen molar-refractivity contribution in [2.24, 2.45) is 5.92 Å². The molecule has 17 heavy (non-hydrogen) atoms. The van der Waals surface area contributed by atoms with Crippen LogP contribution in [0.4, 0.5) is 8.78 Å². The first kappa shape index (κ1) is 13.8. The summed E-state index contributed by atoms with van der Waals surface area (Å²) in [4.78, 5) is 0. The number of hydrogen-bond donors (Lipinski definition) is 1. The maximum Gasteiger partial charge on any atom is 0.159 e. The van der Waals surface area contributed by atoms with Crippen molar-refractivity contribution < 1.29 is 8.78 Å². The van der Waals surface area contributed by atoms with Crippen molar-refractivity contribution in [1.82, 2.24) is 5.32 Å². The lowest BCUT2D eigenvalue weighted by atomic mass is 10.00. The van der Waals surface area contributed by atoms with Crippen LogP contribution < -0.4 is 5.32 Å². The van der Waals surface area contributed by atoms with E-state index < -0.39 is 11.6 Å². The van der Waals surface area contributed by atoms with Gasteiger partial charge >= 0.3 is 0 Å². The van der Waals surface area contributed by atoms with Crippen LogP contribution in [-0.2, 0) is 0 Å². The van der Waals surface area contributed by atoms with Gasteiger partial charge in [-0.1, -0.05) is 38.5 Å². The summed E-state index contributed by atoms with van der Waals surface area (Å²) < 4.78 is 25.9. The lowest BCUT2D eigenvalue weighted by molar-refractivity contribution is 0.508. The maximum absolute atomic E-state index is 13.1. The first-order valence-electron chi connectivity index (χ1n) is 5.90. The number of benzene rings is 1.